The van der Waals surface area contributed by atoms with Gasteiger partial charge < -0.3 is 10.3 Å². The largest absolute Gasteiger partial charge is 0.325 e. The quantitative estimate of drug-likeness (QED) is 0.846. The Morgan fingerprint density at radius 1 is 1.50 bits per heavy atom. The van der Waals surface area contributed by atoms with E-state index in [1.54, 1.807) is 0 Å². The van der Waals surface area contributed by atoms with Crippen LogP contribution < -0.4 is 5.73 Å². The van der Waals surface area contributed by atoms with Gasteiger partial charge in [0.05, 0.1) is 0 Å². The molecule has 1 fully saturated rings. The number of aromatic nitrogens is 3. The van der Waals surface area contributed by atoms with E-state index in [4.69, 9.17) is 5.73 Å². The third-order valence-electron chi connectivity index (χ3n) is 3.86. The molecule has 2 N–H and O–H groups in total. The van der Waals surface area contributed by atoms with E-state index in [0.717, 1.165) is 18.6 Å². The van der Waals surface area contributed by atoms with Gasteiger partial charge in [-0.05, 0) is 32.6 Å². The molecule has 0 bridgehead atoms. The maximum absolute atomic E-state index is 6.13. The second-order valence-corrected chi connectivity index (χ2v) is 5.05. The van der Waals surface area contributed by atoms with Crippen molar-refractivity contribution in [1.29, 1.82) is 0 Å². The lowest BCUT2D eigenvalue weighted by Gasteiger charge is -2.09. The third kappa shape index (κ3) is 1.37. The number of nitrogens with zero attached hydrogens (tertiary/aromatic N) is 3. The molecule has 0 aromatic carbocycles. The average Bonchev–Trinajstić information content (AvgIpc) is 2.77. The van der Waals surface area contributed by atoms with E-state index in [1.165, 1.54) is 24.2 Å². The number of imidazole rings is 2. The van der Waals surface area contributed by atoms with E-state index in [0.29, 0.717) is 0 Å². The van der Waals surface area contributed by atoms with Crippen molar-refractivity contribution in [3.05, 3.63) is 23.8 Å². The Labute approximate surface area is 95.1 Å². The van der Waals surface area contributed by atoms with Crippen molar-refractivity contribution < 1.29 is 0 Å². The fourth-order valence-electron chi connectivity index (χ4n) is 2.43. The van der Waals surface area contributed by atoms with Gasteiger partial charge in [0.15, 0.2) is 0 Å². The molecule has 0 aliphatic heterocycles. The number of nitrogens with two attached hydrogens (primary N) is 1. The summed E-state index contributed by atoms with van der Waals surface area (Å²) in [4.78, 5) is 4.35. The number of aryl methyl sites for hydroxylation is 2. The van der Waals surface area contributed by atoms with E-state index in [-0.39, 0.29) is 5.54 Å². The van der Waals surface area contributed by atoms with Crippen molar-refractivity contribution in [2.75, 3.05) is 0 Å². The first-order valence-electron chi connectivity index (χ1n) is 5.87. The van der Waals surface area contributed by atoms with Crippen molar-refractivity contribution in [1.82, 2.24) is 14.0 Å². The predicted octanol–water partition coefficient (Wildman–Crippen LogP) is 1.41. The van der Waals surface area contributed by atoms with Gasteiger partial charge in [-0.1, -0.05) is 0 Å². The van der Waals surface area contributed by atoms with E-state index < -0.39 is 0 Å². The Morgan fingerprint density at radius 3 is 2.88 bits per heavy atom. The van der Waals surface area contributed by atoms with E-state index in [1.807, 2.05) is 12.4 Å². The molecule has 3 rings (SSSR count). The van der Waals surface area contributed by atoms with Gasteiger partial charge in [-0.15, -0.1) is 0 Å². The Bertz CT molecular complexity index is 496. The highest BCUT2D eigenvalue weighted by Crippen LogP contribution is 2.36. The molecular weight excluding hydrogens is 200 g/mol. The Kier molecular flexibility index (Phi) is 1.92. The molecule has 4 nitrogen and oxygen atoms in total. The van der Waals surface area contributed by atoms with Gasteiger partial charge in [0, 0.05) is 36.4 Å². The second kappa shape index (κ2) is 3.10. The zero-order valence-corrected chi connectivity index (χ0v) is 9.90. The van der Waals surface area contributed by atoms with Crippen LogP contribution in [0.4, 0.5) is 0 Å². The minimum atomic E-state index is 0.138. The number of rotatable bonds is 3. The molecule has 2 aromatic heterocycles. The summed E-state index contributed by atoms with van der Waals surface area (Å²) in [6, 6.07) is 0. The van der Waals surface area contributed by atoms with Crippen LogP contribution in [0.15, 0.2) is 12.4 Å². The van der Waals surface area contributed by atoms with Crippen molar-refractivity contribution >= 4 is 5.78 Å². The van der Waals surface area contributed by atoms with Gasteiger partial charge in [0.1, 0.15) is 0 Å². The highest BCUT2D eigenvalue weighted by Gasteiger charge is 2.37. The summed E-state index contributed by atoms with van der Waals surface area (Å²) in [6.45, 7) is 2.15. The molecule has 2 aromatic rings. The summed E-state index contributed by atoms with van der Waals surface area (Å²) in [6.07, 6.45) is 8.39. The molecule has 0 radical (unpaired) electrons. The predicted molar refractivity (Wildman–Crippen MR) is 63.4 cm³/mol. The molecule has 1 saturated carbocycles. The zero-order chi connectivity index (χ0) is 11.3. The number of hydrogen-bond acceptors (Lipinski definition) is 2. The fraction of sp³-hybridized carbons (Fsp3) is 0.583. The molecule has 0 atom stereocenters. The topological polar surface area (TPSA) is 48.2 Å². The summed E-state index contributed by atoms with van der Waals surface area (Å²) in [5.74, 6) is 1.02. The van der Waals surface area contributed by atoms with Gasteiger partial charge in [0.25, 0.3) is 0 Å². The van der Waals surface area contributed by atoms with Crippen molar-refractivity contribution in [3.63, 3.8) is 0 Å². The Balaban J connectivity index is 1.93. The summed E-state index contributed by atoms with van der Waals surface area (Å²) in [5, 5.41) is 0. The van der Waals surface area contributed by atoms with Crippen LogP contribution in [0.2, 0.25) is 0 Å². The first-order chi connectivity index (χ1) is 7.61. The minimum Gasteiger partial charge on any atom is -0.325 e. The molecule has 0 amide bonds. The lowest BCUT2D eigenvalue weighted by molar-refractivity contribution is 0.593. The minimum absolute atomic E-state index is 0.138. The summed E-state index contributed by atoms with van der Waals surface area (Å²) in [5.41, 5.74) is 8.92. The molecule has 0 spiro atoms. The van der Waals surface area contributed by atoms with Gasteiger partial charge in [-0.3, -0.25) is 4.40 Å². The Morgan fingerprint density at radius 2 is 2.25 bits per heavy atom. The van der Waals surface area contributed by atoms with Crippen molar-refractivity contribution in [2.45, 2.75) is 38.1 Å². The standard InChI is InChI=1S/C12H18N4/c1-9-10(3-4-12(13)5-6-12)15(2)11-14-7-8-16(9)11/h7-8H,3-6,13H2,1-2H3. The zero-order valence-electron chi connectivity index (χ0n) is 9.90. The normalized spacial score (nSPS) is 18.2. The van der Waals surface area contributed by atoms with Crippen molar-refractivity contribution in [3.8, 4) is 0 Å². The summed E-state index contributed by atoms with van der Waals surface area (Å²) >= 11 is 0. The monoisotopic (exact) mass is 218 g/mol. The molecule has 2 heterocycles. The van der Waals surface area contributed by atoms with Crippen LogP contribution in [0.25, 0.3) is 5.78 Å². The first-order valence-corrected chi connectivity index (χ1v) is 5.87. The van der Waals surface area contributed by atoms with Crippen LogP contribution in [-0.4, -0.2) is 19.5 Å². The number of fused-ring (bicyclic) bond motifs is 1. The van der Waals surface area contributed by atoms with Crippen LogP contribution in [-0.2, 0) is 13.5 Å². The van der Waals surface area contributed by atoms with Gasteiger partial charge in [-0.25, -0.2) is 4.98 Å². The molecule has 0 saturated heterocycles. The maximum Gasteiger partial charge on any atom is 0.214 e. The van der Waals surface area contributed by atoms with Crippen molar-refractivity contribution in [2.24, 2.45) is 12.8 Å². The molecule has 86 valence electrons. The van der Waals surface area contributed by atoms with E-state index >= 15 is 0 Å². The molecule has 0 unspecified atom stereocenters. The molecule has 4 heteroatoms. The van der Waals surface area contributed by atoms with Gasteiger partial charge in [-0.2, -0.15) is 0 Å². The van der Waals surface area contributed by atoms with Crippen LogP contribution in [0.3, 0.4) is 0 Å². The van der Waals surface area contributed by atoms with E-state index in [2.05, 4.69) is 27.9 Å². The number of hydrogen-bond donors (Lipinski definition) is 1. The highest BCUT2D eigenvalue weighted by atomic mass is 15.2. The lowest BCUT2D eigenvalue weighted by atomic mass is 10.1. The first kappa shape index (κ1) is 9.90. The highest BCUT2D eigenvalue weighted by molar-refractivity contribution is 5.38. The van der Waals surface area contributed by atoms with Crippen LogP contribution in [0.1, 0.15) is 30.7 Å². The maximum atomic E-state index is 6.13. The van der Waals surface area contributed by atoms with Crippen LogP contribution in [0, 0.1) is 6.92 Å². The summed E-state index contributed by atoms with van der Waals surface area (Å²) < 4.78 is 4.33. The second-order valence-electron chi connectivity index (χ2n) is 5.05. The van der Waals surface area contributed by atoms with E-state index in [9.17, 15) is 0 Å². The van der Waals surface area contributed by atoms with Crippen LogP contribution in [0.5, 0.6) is 0 Å². The molecular formula is C12H18N4. The van der Waals surface area contributed by atoms with Gasteiger partial charge >= 0.3 is 0 Å². The summed E-state index contributed by atoms with van der Waals surface area (Å²) in [7, 11) is 2.08. The average molecular weight is 218 g/mol. The Hall–Kier alpha value is -1.29. The van der Waals surface area contributed by atoms with Crippen LogP contribution >= 0.6 is 0 Å². The fourth-order valence-corrected chi connectivity index (χ4v) is 2.43. The molecule has 16 heavy (non-hydrogen) atoms. The van der Waals surface area contributed by atoms with Gasteiger partial charge in [0.2, 0.25) is 5.78 Å². The smallest absolute Gasteiger partial charge is 0.214 e. The molecule has 1 aliphatic carbocycles. The lowest BCUT2D eigenvalue weighted by Crippen LogP contribution is -2.22. The SMILES string of the molecule is Cc1c(CCC2(N)CC2)n(C)c2nccn12. The third-order valence-corrected chi connectivity index (χ3v) is 3.86. The molecule has 1 aliphatic rings.